The number of hydrogen-bond acceptors (Lipinski definition) is 2. The van der Waals surface area contributed by atoms with Crippen LogP contribution in [-0.4, -0.2) is 30.5 Å². The monoisotopic (exact) mass is 271 g/mol. The molecule has 1 saturated heterocycles. The summed E-state index contributed by atoms with van der Waals surface area (Å²) in [4.78, 5) is 14.4. The van der Waals surface area contributed by atoms with Crippen molar-refractivity contribution in [3.8, 4) is 5.75 Å². The van der Waals surface area contributed by atoms with E-state index in [0.717, 1.165) is 37.2 Å². The highest BCUT2D eigenvalue weighted by Crippen LogP contribution is 2.36. The summed E-state index contributed by atoms with van der Waals surface area (Å²) in [6.07, 6.45) is 4.72. The topological polar surface area (TPSA) is 29.5 Å². The average molecular weight is 271 g/mol. The van der Waals surface area contributed by atoms with E-state index in [1.165, 1.54) is 12.8 Å². The lowest BCUT2D eigenvalue weighted by Gasteiger charge is -2.28. The van der Waals surface area contributed by atoms with E-state index in [2.05, 4.69) is 0 Å². The number of carbonyl (C=O) groups excluding carboxylic acids is 1. The first-order chi connectivity index (χ1) is 9.78. The van der Waals surface area contributed by atoms with Crippen LogP contribution in [-0.2, 0) is 0 Å². The van der Waals surface area contributed by atoms with Crippen molar-refractivity contribution in [1.82, 2.24) is 4.90 Å². The predicted octanol–water partition coefficient (Wildman–Crippen LogP) is 3.41. The number of nitrogens with zero attached hydrogens (tertiary/aromatic N) is 1. The van der Waals surface area contributed by atoms with E-state index in [4.69, 9.17) is 4.74 Å². The zero-order chi connectivity index (χ0) is 13.9. The van der Waals surface area contributed by atoms with Crippen molar-refractivity contribution in [3.05, 3.63) is 41.0 Å². The molecule has 0 spiro atoms. The second kappa shape index (κ2) is 5.70. The van der Waals surface area contributed by atoms with Gasteiger partial charge in [0.15, 0.2) is 0 Å². The summed E-state index contributed by atoms with van der Waals surface area (Å²) in [7, 11) is 0. The first-order valence-corrected chi connectivity index (χ1v) is 7.50. The van der Waals surface area contributed by atoms with Crippen LogP contribution in [0.4, 0.5) is 0 Å². The molecule has 0 N–H and O–H groups in total. The molecular weight excluding hydrogens is 250 g/mol. The lowest BCUT2D eigenvalue weighted by Crippen LogP contribution is -2.36. The van der Waals surface area contributed by atoms with Crippen molar-refractivity contribution in [3.63, 3.8) is 0 Å². The van der Waals surface area contributed by atoms with Gasteiger partial charge in [0.2, 0.25) is 0 Å². The van der Waals surface area contributed by atoms with E-state index >= 15 is 0 Å². The van der Waals surface area contributed by atoms with E-state index in [0.29, 0.717) is 6.61 Å². The van der Waals surface area contributed by atoms with Crippen molar-refractivity contribution in [1.29, 1.82) is 0 Å². The number of allylic oxidation sites excluding steroid dienone is 1. The highest BCUT2D eigenvalue weighted by Gasteiger charge is 2.24. The van der Waals surface area contributed by atoms with Gasteiger partial charge in [-0.3, -0.25) is 4.79 Å². The number of likely N-dealkylation sites (tertiary alicyclic amines) is 1. The van der Waals surface area contributed by atoms with Crippen LogP contribution in [0.15, 0.2) is 35.4 Å². The van der Waals surface area contributed by atoms with Gasteiger partial charge in [-0.15, -0.1) is 0 Å². The largest absolute Gasteiger partial charge is 0.494 e. The first-order valence-electron chi connectivity index (χ1n) is 7.50. The normalized spacial score (nSPS) is 18.1. The lowest BCUT2D eigenvalue weighted by molar-refractivity contribution is 0.0743. The highest BCUT2D eigenvalue weighted by molar-refractivity contribution is 5.94. The van der Waals surface area contributed by atoms with Gasteiger partial charge in [0.1, 0.15) is 5.75 Å². The second-order valence-corrected chi connectivity index (χ2v) is 5.46. The molecule has 0 unspecified atom stereocenters. The summed E-state index contributed by atoms with van der Waals surface area (Å²) in [5.41, 5.74) is 4.02. The van der Waals surface area contributed by atoms with Crippen LogP contribution in [0.5, 0.6) is 5.75 Å². The Kier molecular flexibility index (Phi) is 3.77. The molecule has 3 nitrogen and oxygen atoms in total. The maximum atomic E-state index is 12.4. The number of benzene rings is 1. The fourth-order valence-corrected chi connectivity index (χ4v) is 2.79. The second-order valence-electron chi connectivity index (χ2n) is 5.46. The van der Waals surface area contributed by atoms with E-state index in [-0.39, 0.29) is 5.91 Å². The molecule has 1 aromatic carbocycles. The molecule has 2 aliphatic rings. The van der Waals surface area contributed by atoms with E-state index < -0.39 is 0 Å². The predicted molar refractivity (Wildman–Crippen MR) is 79.0 cm³/mol. The van der Waals surface area contributed by atoms with Gasteiger partial charge < -0.3 is 9.64 Å². The summed E-state index contributed by atoms with van der Waals surface area (Å²) < 4.78 is 5.40. The zero-order valence-electron chi connectivity index (χ0n) is 12.0. The molecule has 0 radical (unpaired) electrons. The van der Waals surface area contributed by atoms with E-state index in [1.807, 2.05) is 36.1 Å². The van der Waals surface area contributed by atoms with Crippen LogP contribution in [0.1, 0.15) is 43.0 Å². The van der Waals surface area contributed by atoms with Crippen LogP contribution in [0.25, 0.3) is 0 Å². The number of hydrogen-bond donors (Lipinski definition) is 0. The third-order valence-electron chi connectivity index (χ3n) is 4.07. The van der Waals surface area contributed by atoms with Crippen LogP contribution >= 0.6 is 0 Å². The zero-order valence-corrected chi connectivity index (χ0v) is 12.0. The molecule has 2 fully saturated rings. The molecule has 106 valence electrons. The smallest absolute Gasteiger partial charge is 0.253 e. The number of carbonyl (C=O) groups is 1. The van der Waals surface area contributed by atoms with E-state index in [1.54, 1.807) is 11.1 Å². The number of amides is 1. The number of ether oxygens (including phenoxy) is 1. The summed E-state index contributed by atoms with van der Waals surface area (Å²) in [6, 6.07) is 7.47. The molecule has 3 heteroatoms. The minimum absolute atomic E-state index is 0.146. The summed E-state index contributed by atoms with van der Waals surface area (Å²) in [6.45, 7) is 4.34. The van der Waals surface area contributed by atoms with Gasteiger partial charge in [-0.05, 0) is 56.9 Å². The molecular formula is C17H21NO2. The maximum Gasteiger partial charge on any atom is 0.253 e. The van der Waals surface area contributed by atoms with Crippen molar-refractivity contribution < 1.29 is 9.53 Å². The fourth-order valence-electron chi connectivity index (χ4n) is 2.79. The van der Waals surface area contributed by atoms with Crippen LogP contribution in [0.2, 0.25) is 0 Å². The van der Waals surface area contributed by atoms with Gasteiger partial charge in [0, 0.05) is 18.7 Å². The molecule has 1 aliphatic heterocycles. The Balaban J connectivity index is 1.62. The SMILES string of the molecule is CCOc1ccc(C(=O)N2CCC(=C3CC3)CC2)cc1. The van der Waals surface area contributed by atoms with Gasteiger partial charge in [-0.2, -0.15) is 0 Å². The van der Waals surface area contributed by atoms with Gasteiger partial charge in [0.25, 0.3) is 5.91 Å². The Hall–Kier alpha value is -1.77. The summed E-state index contributed by atoms with van der Waals surface area (Å²) >= 11 is 0. The van der Waals surface area contributed by atoms with Crippen molar-refractivity contribution in [2.75, 3.05) is 19.7 Å². The molecule has 3 rings (SSSR count). The summed E-state index contributed by atoms with van der Waals surface area (Å²) in [5, 5.41) is 0. The quantitative estimate of drug-likeness (QED) is 0.788. The Bertz CT molecular complexity index is 514. The van der Waals surface area contributed by atoms with Crippen LogP contribution in [0.3, 0.4) is 0 Å². The van der Waals surface area contributed by atoms with Crippen molar-refractivity contribution >= 4 is 5.91 Å². The van der Waals surface area contributed by atoms with Crippen LogP contribution in [0, 0.1) is 0 Å². The Morgan fingerprint density at radius 1 is 1.05 bits per heavy atom. The fraction of sp³-hybridized carbons (Fsp3) is 0.471. The summed E-state index contributed by atoms with van der Waals surface area (Å²) in [5.74, 6) is 0.969. The van der Waals surface area contributed by atoms with Gasteiger partial charge in [-0.25, -0.2) is 0 Å². The highest BCUT2D eigenvalue weighted by atomic mass is 16.5. The Morgan fingerprint density at radius 2 is 1.65 bits per heavy atom. The Morgan fingerprint density at radius 3 is 2.20 bits per heavy atom. The maximum absolute atomic E-state index is 12.4. The Labute approximate surface area is 120 Å². The minimum atomic E-state index is 0.146. The molecule has 1 saturated carbocycles. The van der Waals surface area contributed by atoms with Crippen LogP contribution < -0.4 is 4.74 Å². The molecule has 0 bridgehead atoms. The standard InChI is InChI=1S/C17H21NO2/c1-2-20-16-7-5-15(6-8-16)17(19)18-11-9-14(10-12-18)13-3-4-13/h5-8H,2-4,9-12H2,1H3. The molecule has 1 aliphatic carbocycles. The van der Waals surface area contributed by atoms with Gasteiger partial charge in [-0.1, -0.05) is 11.1 Å². The lowest BCUT2D eigenvalue weighted by atomic mass is 10.0. The molecule has 0 atom stereocenters. The molecule has 1 heterocycles. The molecule has 20 heavy (non-hydrogen) atoms. The number of piperidine rings is 1. The minimum Gasteiger partial charge on any atom is -0.494 e. The number of rotatable bonds is 3. The first kappa shape index (κ1) is 13.2. The average Bonchev–Trinajstić information content (AvgIpc) is 3.33. The van der Waals surface area contributed by atoms with Gasteiger partial charge in [0.05, 0.1) is 6.61 Å². The molecule has 1 amide bonds. The third kappa shape index (κ3) is 2.87. The third-order valence-corrected chi connectivity index (χ3v) is 4.07. The van der Waals surface area contributed by atoms with Gasteiger partial charge >= 0.3 is 0 Å². The van der Waals surface area contributed by atoms with Crippen molar-refractivity contribution in [2.24, 2.45) is 0 Å². The molecule has 1 aromatic rings. The molecule has 0 aromatic heterocycles. The van der Waals surface area contributed by atoms with E-state index in [9.17, 15) is 4.79 Å². The van der Waals surface area contributed by atoms with Crippen molar-refractivity contribution in [2.45, 2.75) is 32.6 Å².